The Labute approximate surface area is 98.3 Å². The van der Waals surface area contributed by atoms with Crippen LogP contribution >= 0.6 is 0 Å². The molecule has 0 saturated heterocycles. The fourth-order valence-corrected chi connectivity index (χ4v) is 1.41. The smallest absolute Gasteiger partial charge is 0.269 e. The van der Waals surface area contributed by atoms with Gasteiger partial charge in [0.15, 0.2) is 0 Å². The lowest BCUT2D eigenvalue weighted by atomic mass is 10.2. The number of nitro benzene ring substituents is 1. The lowest BCUT2D eigenvalue weighted by molar-refractivity contribution is -0.384. The zero-order valence-corrected chi connectivity index (χ0v) is 9.04. The molecule has 0 bridgehead atoms. The summed E-state index contributed by atoms with van der Waals surface area (Å²) in [6.07, 6.45) is 3.43. The Morgan fingerprint density at radius 1 is 1.24 bits per heavy atom. The molecule has 2 rings (SSSR count). The van der Waals surface area contributed by atoms with Crippen molar-refractivity contribution in [3.8, 4) is 0 Å². The van der Waals surface area contributed by atoms with Gasteiger partial charge in [0.2, 0.25) is 0 Å². The molecule has 0 aliphatic rings. The molecule has 0 unspecified atom stereocenters. The van der Waals surface area contributed by atoms with Crippen molar-refractivity contribution in [3.63, 3.8) is 0 Å². The van der Waals surface area contributed by atoms with E-state index in [4.69, 9.17) is 0 Å². The molecule has 0 saturated carbocycles. The van der Waals surface area contributed by atoms with Crippen LogP contribution in [0.5, 0.6) is 0 Å². The highest BCUT2D eigenvalue weighted by molar-refractivity contribution is 5.41. The van der Waals surface area contributed by atoms with Crippen LogP contribution in [0.3, 0.4) is 0 Å². The van der Waals surface area contributed by atoms with Gasteiger partial charge in [-0.1, -0.05) is 12.1 Å². The van der Waals surface area contributed by atoms with Crippen LogP contribution in [0.15, 0.2) is 48.8 Å². The molecule has 1 aromatic heterocycles. The van der Waals surface area contributed by atoms with Crippen LogP contribution in [0, 0.1) is 10.1 Å². The molecule has 2 aromatic rings. The first kappa shape index (κ1) is 11.1. The maximum Gasteiger partial charge on any atom is 0.269 e. The SMILES string of the molecule is O=[N+]([O-])c1ccc(CNc2cccnc2)cc1. The summed E-state index contributed by atoms with van der Waals surface area (Å²) in [6.45, 7) is 0.615. The predicted molar refractivity (Wildman–Crippen MR) is 64.7 cm³/mol. The molecule has 17 heavy (non-hydrogen) atoms. The molecule has 0 aliphatic heterocycles. The summed E-state index contributed by atoms with van der Waals surface area (Å²) >= 11 is 0. The van der Waals surface area contributed by atoms with Gasteiger partial charge in [0.1, 0.15) is 0 Å². The van der Waals surface area contributed by atoms with Crippen molar-refractivity contribution in [2.45, 2.75) is 6.54 Å². The second-order valence-corrected chi connectivity index (χ2v) is 3.52. The Bertz CT molecular complexity index is 497. The first-order valence-corrected chi connectivity index (χ1v) is 5.13. The van der Waals surface area contributed by atoms with E-state index in [0.29, 0.717) is 6.54 Å². The normalized spacial score (nSPS) is 9.88. The average molecular weight is 229 g/mol. The van der Waals surface area contributed by atoms with Crippen LogP contribution in [0.4, 0.5) is 11.4 Å². The Morgan fingerprint density at radius 2 is 2.00 bits per heavy atom. The molecule has 0 radical (unpaired) electrons. The van der Waals surface area contributed by atoms with E-state index in [2.05, 4.69) is 10.3 Å². The second-order valence-electron chi connectivity index (χ2n) is 3.52. The van der Waals surface area contributed by atoms with E-state index < -0.39 is 4.92 Å². The quantitative estimate of drug-likeness (QED) is 0.646. The van der Waals surface area contributed by atoms with Crippen molar-refractivity contribution in [3.05, 3.63) is 64.5 Å². The molecule has 5 heteroatoms. The monoisotopic (exact) mass is 229 g/mol. The highest BCUT2D eigenvalue weighted by Crippen LogP contribution is 2.13. The van der Waals surface area contributed by atoms with Crippen molar-refractivity contribution in [1.82, 2.24) is 4.98 Å². The van der Waals surface area contributed by atoms with Crippen molar-refractivity contribution in [1.29, 1.82) is 0 Å². The lowest BCUT2D eigenvalue weighted by Crippen LogP contribution is -1.99. The fourth-order valence-electron chi connectivity index (χ4n) is 1.41. The van der Waals surface area contributed by atoms with Gasteiger partial charge in [-0.25, -0.2) is 0 Å². The molecule has 0 fully saturated rings. The van der Waals surface area contributed by atoms with Crippen molar-refractivity contribution in [2.75, 3.05) is 5.32 Å². The number of pyridine rings is 1. The third-order valence-electron chi connectivity index (χ3n) is 2.31. The average Bonchev–Trinajstić information content (AvgIpc) is 2.38. The van der Waals surface area contributed by atoms with Crippen LogP contribution in [0.1, 0.15) is 5.56 Å². The minimum absolute atomic E-state index is 0.107. The molecule has 0 amide bonds. The Hall–Kier alpha value is -2.43. The standard InChI is InChI=1S/C12H11N3O2/c16-15(17)12-5-3-10(4-6-12)8-14-11-2-1-7-13-9-11/h1-7,9,14H,8H2. The lowest BCUT2D eigenvalue weighted by Gasteiger charge is -2.05. The van der Waals surface area contributed by atoms with Gasteiger partial charge in [-0.15, -0.1) is 0 Å². The summed E-state index contributed by atoms with van der Waals surface area (Å²) < 4.78 is 0. The molecule has 1 N–H and O–H groups in total. The van der Waals surface area contributed by atoms with Gasteiger partial charge in [-0.05, 0) is 17.7 Å². The second kappa shape index (κ2) is 5.07. The largest absolute Gasteiger partial charge is 0.380 e. The van der Waals surface area contributed by atoms with Crippen LogP contribution < -0.4 is 5.32 Å². The number of benzene rings is 1. The minimum atomic E-state index is -0.404. The maximum absolute atomic E-state index is 10.5. The molecular weight excluding hydrogens is 218 g/mol. The summed E-state index contributed by atoms with van der Waals surface area (Å²) in [4.78, 5) is 14.1. The minimum Gasteiger partial charge on any atom is -0.380 e. The first-order valence-electron chi connectivity index (χ1n) is 5.13. The number of nitrogens with zero attached hydrogens (tertiary/aromatic N) is 2. The third kappa shape index (κ3) is 3.01. The van der Waals surface area contributed by atoms with E-state index in [0.717, 1.165) is 11.3 Å². The number of nitro groups is 1. The molecule has 86 valence electrons. The fraction of sp³-hybridized carbons (Fsp3) is 0.0833. The summed E-state index contributed by atoms with van der Waals surface area (Å²) in [6, 6.07) is 10.2. The van der Waals surface area contributed by atoms with Gasteiger partial charge in [0.05, 0.1) is 10.6 Å². The van der Waals surface area contributed by atoms with Gasteiger partial charge < -0.3 is 5.32 Å². The van der Waals surface area contributed by atoms with E-state index in [1.807, 2.05) is 12.1 Å². The Kier molecular flexibility index (Phi) is 3.30. The van der Waals surface area contributed by atoms with Crippen LogP contribution in [-0.2, 0) is 6.54 Å². The molecular formula is C12H11N3O2. The molecule has 5 nitrogen and oxygen atoms in total. The summed E-state index contributed by atoms with van der Waals surface area (Å²) in [5.74, 6) is 0. The zero-order valence-electron chi connectivity index (χ0n) is 9.04. The number of rotatable bonds is 4. The highest BCUT2D eigenvalue weighted by Gasteiger charge is 2.03. The first-order chi connectivity index (χ1) is 8.25. The molecule has 0 spiro atoms. The van der Waals surface area contributed by atoms with E-state index >= 15 is 0 Å². The van der Waals surface area contributed by atoms with E-state index in [1.165, 1.54) is 12.1 Å². The van der Waals surface area contributed by atoms with Crippen LogP contribution in [0.25, 0.3) is 0 Å². The van der Waals surface area contributed by atoms with Crippen LogP contribution in [0.2, 0.25) is 0 Å². The van der Waals surface area contributed by atoms with E-state index in [1.54, 1.807) is 24.5 Å². The summed E-state index contributed by atoms with van der Waals surface area (Å²) in [5, 5.41) is 13.7. The van der Waals surface area contributed by atoms with Gasteiger partial charge in [0.25, 0.3) is 5.69 Å². The third-order valence-corrected chi connectivity index (χ3v) is 2.31. The van der Waals surface area contributed by atoms with Gasteiger partial charge in [0, 0.05) is 31.1 Å². The topological polar surface area (TPSA) is 68.1 Å². The number of anilines is 1. The number of aromatic nitrogens is 1. The Balaban J connectivity index is 1.98. The maximum atomic E-state index is 10.5. The predicted octanol–water partition coefficient (Wildman–Crippen LogP) is 2.60. The number of hydrogen-bond donors (Lipinski definition) is 1. The van der Waals surface area contributed by atoms with Crippen molar-refractivity contribution in [2.24, 2.45) is 0 Å². The van der Waals surface area contributed by atoms with E-state index in [9.17, 15) is 10.1 Å². The molecule has 0 aliphatic carbocycles. The zero-order chi connectivity index (χ0) is 12.1. The number of nitrogens with one attached hydrogen (secondary N) is 1. The van der Waals surface area contributed by atoms with Gasteiger partial charge in [-0.2, -0.15) is 0 Å². The molecule has 1 aromatic carbocycles. The van der Waals surface area contributed by atoms with Crippen molar-refractivity contribution >= 4 is 11.4 Å². The number of non-ortho nitro benzene ring substituents is 1. The van der Waals surface area contributed by atoms with Crippen LogP contribution in [-0.4, -0.2) is 9.91 Å². The summed E-state index contributed by atoms with van der Waals surface area (Å²) in [7, 11) is 0. The Morgan fingerprint density at radius 3 is 2.59 bits per heavy atom. The summed E-state index contributed by atoms with van der Waals surface area (Å²) in [5.41, 5.74) is 2.01. The van der Waals surface area contributed by atoms with E-state index in [-0.39, 0.29) is 5.69 Å². The highest BCUT2D eigenvalue weighted by atomic mass is 16.6. The number of hydrogen-bond acceptors (Lipinski definition) is 4. The van der Waals surface area contributed by atoms with Gasteiger partial charge in [-0.3, -0.25) is 15.1 Å². The molecule has 0 atom stereocenters. The molecule has 1 heterocycles. The van der Waals surface area contributed by atoms with Gasteiger partial charge >= 0.3 is 0 Å². The van der Waals surface area contributed by atoms with Crippen molar-refractivity contribution < 1.29 is 4.92 Å².